The molecule has 0 aromatic carbocycles. The van der Waals surface area contributed by atoms with Crippen LogP contribution in [0.1, 0.15) is 24.7 Å². The Morgan fingerprint density at radius 2 is 2.25 bits per heavy atom. The highest BCUT2D eigenvalue weighted by molar-refractivity contribution is 5.52. The lowest BCUT2D eigenvalue weighted by Gasteiger charge is -2.31. The highest BCUT2D eigenvalue weighted by Crippen LogP contribution is 2.23. The fraction of sp³-hybridized carbons (Fsp3) is 0.467. The molecular weight excluding hydrogens is 250 g/mol. The van der Waals surface area contributed by atoms with E-state index in [2.05, 4.69) is 43.9 Å². The van der Waals surface area contributed by atoms with Gasteiger partial charge in [-0.05, 0) is 19.0 Å². The summed E-state index contributed by atoms with van der Waals surface area (Å²) in [6.45, 7) is 6.99. The monoisotopic (exact) mass is 271 g/mol. The Labute approximate surface area is 119 Å². The van der Waals surface area contributed by atoms with Crippen LogP contribution in [0, 0.1) is 0 Å². The van der Waals surface area contributed by atoms with Crippen molar-refractivity contribution in [2.24, 2.45) is 0 Å². The molecule has 1 N–H and O–H groups in total. The molecule has 2 aromatic rings. The molecule has 5 nitrogen and oxygen atoms in total. The van der Waals surface area contributed by atoms with Gasteiger partial charge in [0.1, 0.15) is 5.82 Å². The molecule has 20 heavy (non-hydrogen) atoms. The van der Waals surface area contributed by atoms with Gasteiger partial charge in [-0.3, -0.25) is 4.98 Å². The van der Waals surface area contributed by atoms with Crippen molar-refractivity contribution in [2.75, 3.05) is 18.0 Å². The van der Waals surface area contributed by atoms with Gasteiger partial charge in [0.05, 0.1) is 6.54 Å². The normalized spacial score (nSPS) is 14.3. The van der Waals surface area contributed by atoms with Gasteiger partial charge in [0.2, 0.25) is 0 Å². The summed E-state index contributed by atoms with van der Waals surface area (Å²) in [4.78, 5) is 11.1. The van der Waals surface area contributed by atoms with Crippen LogP contribution in [0.5, 0.6) is 0 Å². The maximum absolute atomic E-state index is 4.43. The van der Waals surface area contributed by atoms with Crippen LogP contribution in [-0.4, -0.2) is 27.6 Å². The first-order chi connectivity index (χ1) is 9.88. The molecule has 0 fully saturated rings. The van der Waals surface area contributed by atoms with Crippen LogP contribution in [0.2, 0.25) is 0 Å². The zero-order valence-electron chi connectivity index (χ0n) is 11.9. The smallest absolute Gasteiger partial charge is 0.128 e. The standard InChI is InChI=1S/C15H21N5/c1-2-4-16-10-13-11-17-5-3-14(13)20-9-8-19-7-6-18-15(19)12-20/h3,5-7,11,16H,2,4,8-10,12H2,1H3. The van der Waals surface area contributed by atoms with E-state index in [1.807, 2.05) is 18.6 Å². The number of imidazole rings is 1. The maximum Gasteiger partial charge on any atom is 0.128 e. The van der Waals surface area contributed by atoms with Gasteiger partial charge >= 0.3 is 0 Å². The number of pyridine rings is 1. The molecule has 0 unspecified atom stereocenters. The largest absolute Gasteiger partial charge is 0.362 e. The molecule has 0 spiro atoms. The van der Waals surface area contributed by atoms with Crippen molar-refractivity contribution < 1.29 is 0 Å². The van der Waals surface area contributed by atoms with Gasteiger partial charge in [-0.1, -0.05) is 6.92 Å². The van der Waals surface area contributed by atoms with Gasteiger partial charge in [0, 0.05) is 55.7 Å². The van der Waals surface area contributed by atoms with Gasteiger partial charge in [-0.25, -0.2) is 4.98 Å². The van der Waals surface area contributed by atoms with Crippen molar-refractivity contribution in [3.8, 4) is 0 Å². The number of nitrogens with one attached hydrogen (secondary N) is 1. The first kappa shape index (κ1) is 13.1. The molecule has 0 amide bonds. The van der Waals surface area contributed by atoms with Gasteiger partial charge in [-0.15, -0.1) is 0 Å². The number of hydrogen-bond donors (Lipinski definition) is 1. The molecule has 0 aliphatic carbocycles. The van der Waals surface area contributed by atoms with Crippen molar-refractivity contribution in [1.82, 2.24) is 19.9 Å². The SMILES string of the molecule is CCCNCc1cnccc1N1CCn2ccnc2C1. The van der Waals surface area contributed by atoms with Crippen LogP contribution in [0.25, 0.3) is 0 Å². The molecule has 106 valence electrons. The van der Waals surface area contributed by atoms with Gasteiger partial charge < -0.3 is 14.8 Å². The summed E-state index contributed by atoms with van der Waals surface area (Å²) >= 11 is 0. The summed E-state index contributed by atoms with van der Waals surface area (Å²) in [6, 6.07) is 2.11. The van der Waals surface area contributed by atoms with Crippen LogP contribution in [0.3, 0.4) is 0 Å². The summed E-state index contributed by atoms with van der Waals surface area (Å²) < 4.78 is 2.23. The molecule has 0 radical (unpaired) electrons. The van der Waals surface area contributed by atoms with Crippen molar-refractivity contribution in [3.63, 3.8) is 0 Å². The lowest BCUT2D eigenvalue weighted by molar-refractivity contribution is 0.557. The van der Waals surface area contributed by atoms with E-state index in [4.69, 9.17) is 0 Å². The lowest BCUT2D eigenvalue weighted by atomic mass is 10.2. The second kappa shape index (κ2) is 6.05. The third-order valence-electron chi connectivity index (χ3n) is 3.71. The average molecular weight is 271 g/mol. The summed E-state index contributed by atoms with van der Waals surface area (Å²) in [5.74, 6) is 1.14. The van der Waals surface area contributed by atoms with E-state index >= 15 is 0 Å². The fourth-order valence-electron chi connectivity index (χ4n) is 2.64. The van der Waals surface area contributed by atoms with E-state index in [9.17, 15) is 0 Å². The Morgan fingerprint density at radius 1 is 1.30 bits per heavy atom. The number of hydrogen-bond acceptors (Lipinski definition) is 4. The number of fused-ring (bicyclic) bond motifs is 1. The minimum absolute atomic E-state index is 0.873. The number of aromatic nitrogens is 3. The first-order valence-electron chi connectivity index (χ1n) is 7.27. The van der Waals surface area contributed by atoms with Crippen LogP contribution in [-0.2, 0) is 19.6 Å². The zero-order valence-corrected chi connectivity index (χ0v) is 11.9. The van der Waals surface area contributed by atoms with Crippen molar-refractivity contribution in [2.45, 2.75) is 33.0 Å². The summed E-state index contributed by atoms with van der Waals surface area (Å²) in [7, 11) is 0. The first-order valence-corrected chi connectivity index (χ1v) is 7.27. The van der Waals surface area contributed by atoms with Crippen LogP contribution >= 0.6 is 0 Å². The Balaban J connectivity index is 1.77. The number of anilines is 1. The molecule has 0 bridgehead atoms. The van der Waals surface area contributed by atoms with Crippen LogP contribution < -0.4 is 10.2 Å². The van der Waals surface area contributed by atoms with Gasteiger partial charge in [-0.2, -0.15) is 0 Å². The summed E-state index contributed by atoms with van der Waals surface area (Å²) in [6.07, 6.45) is 8.94. The summed E-state index contributed by atoms with van der Waals surface area (Å²) in [5.41, 5.74) is 2.54. The number of nitrogens with zero attached hydrogens (tertiary/aromatic N) is 4. The Kier molecular flexibility index (Phi) is 3.97. The molecule has 3 rings (SSSR count). The quantitative estimate of drug-likeness (QED) is 0.842. The second-order valence-electron chi connectivity index (χ2n) is 5.14. The molecular formula is C15H21N5. The third kappa shape index (κ3) is 2.67. The van der Waals surface area contributed by atoms with E-state index in [1.165, 1.54) is 11.3 Å². The summed E-state index contributed by atoms with van der Waals surface area (Å²) in [5, 5.41) is 3.46. The Morgan fingerprint density at radius 3 is 3.15 bits per heavy atom. The molecule has 3 heterocycles. The minimum atomic E-state index is 0.873. The zero-order chi connectivity index (χ0) is 13.8. The predicted octanol–water partition coefficient (Wildman–Crippen LogP) is 1.80. The highest BCUT2D eigenvalue weighted by atomic mass is 15.2. The predicted molar refractivity (Wildman–Crippen MR) is 79.5 cm³/mol. The Hall–Kier alpha value is -1.88. The molecule has 2 aromatic heterocycles. The molecule has 0 saturated heterocycles. The van der Waals surface area contributed by atoms with Crippen molar-refractivity contribution >= 4 is 5.69 Å². The fourth-order valence-corrected chi connectivity index (χ4v) is 2.64. The third-order valence-corrected chi connectivity index (χ3v) is 3.71. The Bertz CT molecular complexity index is 563. The topological polar surface area (TPSA) is 46.0 Å². The van der Waals surface area contributed by atoms with Crippen LogP contribution in [0.15, 0.2) is 30.9 Å². The number of rotatable bonds is 5. The molecule has 1 aliphatic rings. The van der Waals surface area contributed by atoms with Crippen molar-refractivity contribution in [3.05, 3.63) is 42.2 Å². The highest BCUT2D eigenvalue weighted by Gasteiger charge is 2.18. The lowest BCUT2D eigenvalue weighted by Crippen LogP contribution is -2.34. The molecule has 5 heteroatoms. The van der Waals surface area contributed by atoms with E-state index in [1.54, 1.807) is 0 Å². The van der Waals surface area contributed by atoms with E-state index in [-0.39, 0.29) is 0 Å². The van der Waals surface area contributed by atoms with Gasteiger partial charge in [0.15, 0.2) is 0 Å². The average Bonchev–Trinajstić information content (AvgIpc) is 2.95. The maximum atomic E-state index is 4.43. The van der Waals surface area contributed by atoms with E-state index in [0.29, 0.717) is 0 Å². The second-order valence-corrected chi connectivity index (χ2v) is 5.14. The van der Waals surface area contributed by atoms with E-state index < -0.39 is 0 Å². The molecule has 1 aliphatic heterocycles. The molecule has 0 saturated carbocycles. The van der Waals surface area contributed by atoms with Gasteiger partial charge in [0.25, 0.3) is 0 Å². The minimum Gasteiger partial charge on any atom is -0.362 e. The van der Waals surface area contributed by atoms with Crippen LogP contribution in [0.4, 0.5) is 5.69 Å². The molecule has 0 atom stereocenters. The van der Waals surface area contributed by atoms with Crippen molar-refractivity contribution in [1.29, 1.82) is 0 Å². The van der Waals surface area contributed by atoms with E-state index in [0.717, 1.165) is 45.0 Å².